The summed E-state index contributed by atoms with van der Waals surface area (Å²) in [6.07, 6.45) is 0. The maximum Gasteiger partial charge on any atom is 0.315 e. The van der Waals surface area contributed by atoms with Gasteiger partial charge in [0.05, 0.1) is 0 Å². The second-order valence-electron chi connectivity index (χ2n) is 4.34. The molecule has 0 aliphatic heterocycles. The van der Waals surface area contributed by atoms with E-state index >= 15 is 0 Å². The minimum absolute atomic E-state index is 0.716. The van der Waals surface area contributed by atoms with Gasteiger partial charge < -0.3 is 10.1 Å². The number of nitrogens with one attached hydrogen (secondary N) is 1. The quantitative estimate of drug-likeness (QED) is 0.888. The van der Waals surface area contributed by atoms with E-state index in [1.807, 2.05) is 24.3 Å². The van der Waals surface area contributed by atoms with Gasteiger partial charge in [-0.2, -0.15) is 0 Å². The van der Waals surface area contributed by atoms with E-state index in [2.05, 4.69) is 20.9 Å². The number of carboxylic acids is 1. The average Bonchev–Trinajstić information content (AvgIpc) is 2.60. The van der Waals surface area contributed by atoms with Gasteiger partial charge in [-0.1, -0.05) is 15.9 Å². The van der Waals surface area contributed by atoms with Gasteiger partial charge in [-0.05, 0) is 38.1 Å². The number of hydrogen-bond acceptors (Lipinski definition) is 1. The Morgan fingerprint density at radius 2 is 2.06 bits per heavy atom. The van der Waals surface area contributed by atoms with E-state index in [0.717, 1.165) is 15.4 Å². The maximum absolute atomic E-state index is 11.1. The van der Waals surface area contributed by atoms with E-state index in [1.165, 1.54) is 0 Å². The number of aliphatic carboxylic acids is 1. The number of fused-ring (bicyclic) bond motifs is 1. The summed E-state index contributed by atoms with van der Waals surface area (Å²) in [4.78, 5) is 14.3. The summed E-state index contributed by atoms with van der Waals surface area (Å²) in [5.74, 6) is -0.835. The van der Waals surface area contributed by atoms with Crippen molar-refractivity contribution < 1.29 is 9.90 Å². The predicted octanol–water partition coefficient (Wildman–Crippen LogP) is 3.29. The number of aromatic amines is 1. The third-order valence-electron chi connectivity index (χ3n) is 2.79. The van der Waals surface area contributed by atoms with Gasteiger partial charge in [-0.25, -0.2) is 0 Å². The van der Waals surface area contributed by atoms with Crippen molar-refractivity contribution in [1.29, 1.82) is 0 Å². The van der Waals surface area contributed by atoms with Crippen LogP contribution in [-0.4, -0.2) is 16.1 Å². The summed E-state index contributed by atoms with van der Waals surface area (Å²) >= 11 is 3.39. The Morgan fingerprint density at radius 3 is 2.69 bits per heavy atom. The highest BCUT2D eigenvalue weighted by molar-refractivity contribution is 9.10. The molecule has 0 atom stereocenters. The van der Waals surface area contributed by atoms with Crippen LogP contribution in [0.4, 0.5) is 0 Å². The van der Waals surface area contributed by atoms with Crippen LogP contribution < -0.4 is 0 Å². The summed E-state index contributed by atoms with van der Waals surface area (Å²) < 4.78 is 0.985. The van der Waals surface area contributed by atoms with Crippen molar-refractivity contribution in [3.05, 3.63) is 34.4 Å². The molecular weight excluding hydrogens is 270 g/mol. The van der Waals surface area contributed by atoms with Crippen molar-refractivity contribution >= 4 is 32.8 Å². The van der Waals surface area contributed by atoms with Crippen LogP contribution in [0.25, 0.3) is 10.9 Å². The van der Waals surface area contributed by atoms with Crippen LogP contribution in [0.2, 0.25) is 0 Å². The molecule has 84 valence electrons. The third kappa shape index (κ3) is 1.73. The number of hydrogen-bond donors (Lipinski definition) is 2. The second kappa shape index (κ2) is 3.63. The number of benzene rings is 1. The van der Waals surface area contributed by atoms with Crippen LogP contribution in [0.5, 0.6) is 0 Å². The van der Waals surface area contributed by atoms with Gasteiger partial charge in [0, 0.05) is 21.1 Å². The van der Waals surface area contributed by atoms with Crippen LogP contribution >= 0.6 is 15.9 Å². The van der Waals surface area contributed by atoms with E-state index in [9.17, 15) is 4.79 Å². The zero-order valence-electron chi connectivity index (χ0n) is 9.04. The molecule has 0 spiro atoms. The zero-order valence-corrected chi connectivity index (χ0v) is 10.6. The molecule has 1 aromatic heterocycles. The van der Waals surface area contributed by atoms with Gasteiger partial charge in [0.15, 0.2) is 0 Å². The first-order valence-electron chi connectivity index (χ1n) is 4.93. The average molecular weight is 282 g/mol. The molecule has 2 rings (SSSR count). The van der Waals surface area contributed by atoms with Crippen molar-refractivity contribution in [1.82, 2.24) is 4.98 Å². The highest BCUT2D eigenvalue weighted by Crippen LogP contribution is 2.28. The lowest BCUT2D eigenvalue weighted by atomic mass is 9.90. The number of aromatic nitrogens is 1. The first kappa shape index (κ1) is 11.2. The van der Waals surface area contributed by atoms with Crippen LogP contribution in [-0.2, 0) is 10.2 Å². The summed E-state index contributed by atoms with van der Waals surface area (Å²) in [5.41, 5.74) is 0.770. The Labute approximate surface area is 102 Å². The van der Waals surface area contributed by atoms with Crippen LogP contribution in [0.15, 0.2) is 28.7 Å². The van der Waals surface area contributed by atoms with Gasteiger partial charge in [-0.15, -0.1) is 0 Å². The molecular formula is C12H12BrNO2. The molecule has 0 bridgehead atoms. The lowest BCUT2D eigenvalue weighted by Crippen LogP contribution is -2.28. The van der Waals surface area contributed by atoms with E-state index < -0.39 is 11.4 Å². The van der Waals surface area contributed by atoms with E-state index in [1.54, 1.807) is 13.8 Å². The molecule has 3 nitrogen and oxygen atoms in total. The molecule has 0 unspecified atom stereocenters. The van der Waals surface area contributed by atoms with Crippen molar-refractivity contribution in [2.45, 2.75) is 19.3 Å². The molecule has 0 fully saturated rings. The van der Waals surface area contributed by atoms with Crippen molar-refractivity contribution in [2.75, 3.05) is 0 Å². The lowest BCUT2D eigenvalue weighted by Gasteiger charge is -2.16. The fraction of sp³-hybridized carbons (Fsp3) is 0.250. The molecule has 16 heavy (non-hydrogen) atoms. The highest BCUT2D eigenvalue weighted by Gasteiger charge is 2.31. The monoisotopic (exact) mass is 281 g/mol. The number of carbonyl (C=O) groups is 1. The maximum atomic E-state index is 11.1. The fourth-order valence-corrected chi connectivity index (χ4v) is 1.93. The van der Waals surface area contributed by atoms with Crippen LogP contribution in [0.3, 0.4) is 0 Å². The van der Waals surface area contributed by atoms with E-state index in [0.29, 0.717) is 5.69 Å². The van der Waals surface area contributed by atoms with Gasteiger partial charge in [-0.3, -0.25) is 4.79 Å². The first-order valence-corrected chi connectivity index (χ1v) is 5.73. The number of carboxylic acid groups (broad SMARTS) is 1. The molecule has 0 saturated heterocycles. The SMILES string of the molecule is CC(C)(C(=O)O)c1cc2cc(Br)ccc2[nH]1. The summed E-state index contributed by atoms with van der Waals surface area (Å²) in [5, 5.41) is 10.2. The van der Waals surface area contributed by atoms with Crippen molar-refractivity contribution in [2.24, 2.45) is 0 Å². The Bertz CT molecular complexity index is 557. The molecule has 1 aromatic carbocycles. The molecule has 0 aliphatic carbocycles. The van der Waals surface area contributed by atoms with Gasteiger partial charge in [0.2, 0.25) is 0 Å². The van der Waals surface area contributed by atoms with Gasteiger partial charge >= 0.3 is 5.97 Å². The molecule has 0 amide bonds. The van der Waals surface area contributed by atoms with E-state index in [4.69, 9.17) is 5.11 Å². The predicted molar refractivity (Wildman–Crippen MR) is 66.7 cm³/mol. The largest absolute Gasteiger partial charge is 0.481 e. The standard InChI is InChI=1S/C12H12BrNO2/c1-12(2,11(15)16)10-6-7-5-8(13)3-4-9(7)14-10/h3-6,14H,1-2H3,(H,15,16). The van der Waals surface area contributed by atoms with Crippen molar-refractivity contribution in [3.63, 3.8) is 0 Å². The molecule has 2 N–H and O–H groups in total. The summed E-state index contributed by atoms with van der Waals surface area (Å²) in [6, 6.07) is 7.71. The minimum Gasteiger partial charge on any atom is -0.481 e. The molecule has 1 heterocycles. The second-order valence-corrected chi connectivity index (χ2v) is 5.26. The Balaban J connectivity index is 2.59. The van der Waals surface area contributed by atoms with E-state index in [-0.39, 0.29) is 0 Å². The molecule has 0 radical (unpaired) electrons. The van der Waals surface area contributed by atoms with Crippen LogP contribution in [0, 0.1) is 0 Å². The number of H-pyrrole nitrogens is 1. The Kier molecular flexibility index (Phi) is 2.54. The smallest absolute Gasteiger partial charge is 0.315 e. The summed E-state index contributed by atoms with van der Waals surface area (Å²) in [7, 11) is 0. The number of rotatable bonds is 2. The topological polar surface area (TPSA) is 53.1 Å². The number of halogens is 1. The Morgan fingerprint density at radius 1 is 1.38 bits per heavy atom. The Hall–Kier alpha value is -1.29. The summed E-state index contributed by atoms with van der Waals surface area (Å²) in [6.45, 7) is 3.38. The normalized spacial score (nSPS) is 11.9. The zero-order chi connectivity index (χ0) is 11.9. The fourth-order valence-electron chi connectivity index (χ4n) is 1.56. The lowest BCUT2D eigenvalue weighted by molar-refractivity contribution is -0.142. The molecule has 2 aromatic rings. The molecule has 0 aliphatic rings. The first-order chi connectivity index (χ1) is 7.41. The van der Waals surface area contributed by atoms with Crippen molar-refractivity contribution in [3.8, 4) is 0 Å². The van der Waals surface area contributed by atoms with Crippen LogP contribution in [0.1, 0.15) is 19.5 Å². The molecule has 4 heteroatoms. The molecule has 0 saturated carbocycles. The highest BCUT2D eigenvalue weighted by atomic mass is 79.9. The van der Waals surface area contributed by atoms with Gasteiger partial charge in [0.25, 0.3) is 0 Å². The minimum atomic E-state index is -0.897. The third-order valence-corrected chi connectivity index (χ3v) is 3.28. The van der Waals surface area contributed by atoms with Gasteiger partial charge in [0.1, 0.15) is 5.41 Å².